The number of hydrogen-bond donors (Lipinski definition) is 6. The van der Waals surface area contributed by atoms with Crippen molar-refractivity contribution in [1.82, 2.24) is 0 Å². The van der Waals surface area contributed by atoms with Crippen LogP contribution in [0.15, 0.2) is 27.4 Å². The lowest BCUT2D eigenvalue weighted by Gasteiger charge is -2.41. The van der Waals surface area contributed by atoms with Gasteiger partial charge in [-0.15, -0.1) is 0 Å². The summed E-state index contributed by atoms with van der Waals surface area (Å²) in [5.41, 5.74) is -0.489. The van der Waals surface area contributed by atoms with Crippen LogP contribution in [0.2, 0.25) is 0 Å². The SMILES string of the molecule is COc1cc(OC)c2oc3cc(OC)c(OC)c(O[C@@H]4O[C@H](CO[C@H]5OC[C@@H](O)[C@@H](O)[C@@H]5O)[C@@H](O)[C@@H](O)[C@H]4O)c3c(=O)c2c1. The Morgan fingerprint density at radius 1 is 0.773 bits per heavy atom. The summed E-state index contributed by atoms with van der Waals surface area (Å²) in [6, 6.07) is 4.39. The normalized spacial score (nSPS) is 30.7. The van der Waals surface area contributed by atoms with Gasteiger partial charge in [0, 0.05) is 12.1 Å². The maximum absolute atomic E-state index is 13.9. The molecule has 1 aromatic heterocycles. The van der Waals surface area contributed by atoms with Gasteiger partial charge in [-0.1, -0.05) is 0 Å². The third kappa shape index (κ3) is 5.60. The maximum Gasteiger partial charge on any atom is 0.229 e. The third-order valence-electron chi connectivity index (χ3n) is 7.54. The van der Waals surface area contributed by atoms with Crippen molar-refractivity contribution in [3.05, 3.63) is 28.4 Å². The van der Waals surface area contributed by atoms with Crippen LogP contribution in [-0.4, -0.2) is 128 Å². The number of benzene rings is 2. The fourth-order valence-electron chi connectivity index (χ4n) is 5.10. The van der Waals surface area contributed by atoms with Crippen LogP contribution >= 0.6 is 0 Å². The quantitative estimate of drug-likeness (QED) is 0.151. The number of methoxy groups -OCH3 is 4. The van der Waals surface area contributed by atoms with Crippen LogP contribution in [0.1, 0.15) is 0 Å². The van der Waals surface area contributed by atoms with E-state index in [1.165, 1.54) is 46.6 Å². The second-order valence-electron chi connectivity index (χ2n) is 10.2. The first-order chi connectivity index (χ1) is 21.0. The number of aliphatic hydroxyl groups is 6. The fraction of sp³-hybridized carbons (Fsp3) is 0.536. The number of ether oxygens (including phenoxy) is 8. The highest BCUT2D eigenvalue weighted by Gasteiger charge is 2.47. The minimum atomic E-state index is -1.84. The molecule has 0 bridgehead atoms. The summed E-state index contributed by atoms with van der Waals surface area (Å²) in [5.74, 6) is 0.270. The van der Waals surface area contributed by atoms with Gasteiger partial charge >= 0.3 is 0 Å². The molecule has 0 radical (unpaired) electrons. The van der Waals surface area contributed by atoms with E-state index in [1.54, 1.807) is 0 Å². The zero-order chi connectivity index (χ0) is 31.9. The third-order valence-corrected chi connectivity index (χ3v) is 7.54. The molecule has 3 heterocycles. The lowest BCUT2D eigenvalue weighted by molar-refractivity contribution is -0.307. The van der Waals surface area contributed by atoms with Crippen molar-refractivity contribution >= 4 is 21.9 Å². The van der Waals surface area contributed by atoms with Crippen LogP contribution in [0.25, 0.3) is 21.9 Å². The molecule has 0 spiro atoms. The van der Waals surface area contributed by atoms with E-state index >= 15 is 0 Å². The molecule has 16 nitrogen and oxygen atoms in total. The van der Waals surface area contributed by atoms with Crippen LogP contribution in [-0.2, 0) is 14.2 Å². The molecule has 2 saturated heterocycles. The molecule has 2 aliphatic rings. The first-order valence-electron chi connectivity index (χ1n) is 13.5. The minimum Gasteiger partial charge on any atom is -0.497 e. The van der Waals surface area contributed by atoms with Gasteiger partial charge in [-0.25, -0.2) is 0 Å². The van der Waals surface area contributed by atoms with Crippen LogP contribution in [0.5, 0.6) is 28.7 Å². The van der Waals surface area contributed by atoms with Crippen molar-refractivity contribution < 1.29 is 73.0 Å². The molecule has 5 rings (SSSR count). The Bertz CT molecular complexity index is 1540. The highest BCUT2D eigenvalue weighted by molar-refractivity contribution is 5.98. The molecular formula is C28H34O16. The topological polar surface area (TPSA) is 225 Å². The molecule has 242 valence electrons. The molecule has 0 amide bonds. The minimum absolute atomic E-state index is 0.00596. The van der Waals surface area contributed by atoms with Crippen molar-refractivity contribution in [2.45, 2.75) is 55.3 Å². The van der Waals surface area contributed by atoms with Gasteiger partial charge in [-0.2, -0.15) is 0 Å². The Kier molecular flexibility index (Phi) is 9.36. The average Bonchev–Trinajstić information content (AvgIpc) is 3.03. The zero-order valence-corrected chi connectivity index (χ0v) is 24.1. The van der Waals surface area contributed by atoms with E-state index in [1.807, 2.05) is 0 Å². The number of fused-ring (bicyclic) bond motifs is 2. The van der Waals surface area contributed by atoms with Gasteiger partial charge in [-0.3, -0.25) is 4.79 Å². The van der Waals surface area contributed by atoms with E-state index in [0.717, 1.165) is 0 Å². The highest BCUT2D eigenvalue weighted by Crippen LogP contribution is 2.45. The highest BCUT2D eigenvalue weighted by atomic mass is 16.7. The number of rotatable bonds is 9. The molecule has 2 aliphatic heterocycles. The molecule has 0 aliphatic carbocycles. The Morgan fingerprint density at radius 3 is 2.14 bits per heavy atom. The van der Waals surface area contributed by atoms with Crippen molar-refractivity contribution in [2.24, 2.45) is 0 Å². The summed E-state index contributed by atoms with van der Waals surface area (Å²) < 4.78 is 50.1. The Balaban J connectivity index is 1.53. The van der Waals surface area contributed by atoms with Crippen molar-refractivity contribution in [1.29, 1.82) is 0 Å². The van der Waals surface area contributed by atoms with E-state index in [9.17, 15) is 35.4 Å². The Labute approximate surface area is 249 Å². The summed E-state index contributed by atoms with van der Waals surface area (Å²) in [6.45, 7) is -0.848. The lowest BCUT2D eigenvalue weighted by atomic mass is 9.99. The molecule has 2 fully saturated rings. The summed E-state index contributed by atoms with van der Waals surface area (Å²) in [7, 11) is 5.45. The van der Waals surface area contributed by atoms with E-state index in [0.29, 0.717) is 5.75 Å². The predicted molar refractivity (Wildman–Crippen MR) is 147 cm³/mol. The molecule has 3 aromatic rings. The zero-order valence-electron chi connectivity index (χ0n) is 24.1. The maximum atomic E-state index is 13.9. The smallest absolute Gasteiger partial charge is 0.229 e. The average molecular weight is 627 g/mol. The lowest BCUT2D eigenvalue weighted by Crippen LogP contribution is -2.61. The first-order valence-corrected chi connectivity index (χ1v) is 13.5. The van der Waals surface area contributed by atoms with Gasteiger partial charge in [-0.05, 0) is 6.07 Å². The molecule has 0 saturated carbocycles. The molecule has 9 atom stereocenters. The fourth-order valence-corrected chi connectivity index (χ4v) is 5.10. The molecule has 44 heavy (non-hydrogen) atoms. The molecular weight excluding hydrogens is 592 g/mol. The van der Waals surface area contributed by atoms with E-state index in [2.05, 4.69) is 0 Å². The van der Waals surface area contributed by atoms with Crippen molar-refractivity contribution in [2.75, 3.05) is 41.7 Å². The van der Waals surface area contributed by atoms with Gasteiger partial charge in [0.1, 0.15) is 59.4 Å². The van der Waals surface area contributed by atoms with Gasteiger partial charge in [0.25, 0.3) is 0 Å². The second-order valence-corrected chi connectivity index (χ2v) is 10.2. The largest absolute Gasteiger partial charge is 0.497 e. The standard InChI is InChI=1S/C28H34O16/c1-36-10-5-11-18(30)17-13(42-24(11)14(6-10)37-2)7-15(38-3)25(39-4)26(17)44-28-23(35)21(33)20(32)16(43-28)9-41-27-22(34)19(31)12(29)8-40-27/h5-7,12,16,19-23,27-29,31-35H,8-9H2,1-4H3/t12-,16-,19-,20-,21-,22+,23-,27-,28+/m1/s1. The van der Waals surface area contributed by atoms with Gasteiger partial charge in [0.2, 0.25) is 17.5 Å². The first kappa shape index (κ1) is 32.0. The van der Waals surface area contributed by atoms with E-state index < -0.39 is 67.3 Å². The number of hydrogen-bond acceptors (Lipinski definition) is 16. The molecule has 2 aromatic carbocycles. The summed E-state index contributed by atoms with van der Waals surface area (Å²) >= 11 is 0. The molecule has 6 N–H and O–H groups in total. The second kappa shape index (κ2) is 12.9. The monoisotopic (exact) mass is 626 g/mol. The van der Waals surface area contributed by atoms with Gasteiger partial charge < -0.3 is 73.0 Å². The molecule has 16 heteroatoms. The van der Waals surface area contributed by atoms with E-state index in [-0.39, 0.29) is 51.5 Å². The number of aliphatic hydroxyl groups excluding tert-OH is 6. The van der Waals surface area contributed by atoms with E-state index in [4.69, 9.17) is 42.3 Å². The summed E-state index contributed by atoms with van der Waals surface area (Å²) in [6.07, 6.45) is -14.3. The summed E-state index contributed by atoms with van der Waals surface area (Å²) in [5, 5.41) is 61.7. The van der Waals surface area contributed by atoms with Crippen molar-refractivity contribution in [3.8, 4) is 28.7 Å². The summed E-state index contributed by atoms with van der Waals surface area (Å²) in [4.78, 5) is 13.9. The van der Waals surface area contributed by atoms with Crippen LogP contribution in [0, 0.1) is 0 Å². The van der Waals surface area contributed by atoms with Gasteiger partial charge in [0.15, 0.2) is 29.1 Å². The Morgan fingerprint density at radius 2 is 1.48 bits per heavy atom. The predicted octanol–water partition coefficient (Wildman–Crippen LogP) is -1.38. The van der Waals surface area contributed by atoms with Crippen LogP contribution in [0.3, 0.4) is 0 Å². The Hall–Kier alpha value is -3.45. The molecule has 0 unspecified atom stereocenters. The van der Waals surface area contributed by atoms with Crippen molar-refractivity contribution in [3.63, 3.8) is 0 Å². The van der Waals surface area contributed by atoms with Gasteiger partial charge in [0.05, 0.1) is 47.0 Å². The van der Waals surface area contributed by atoms with Crippen LogP contribution < -0.4 is 29.1 Å². The van der Waals surface area contributed by atoms with Crippen LogP contribution in [0.4, 0.5) is 0 Å².